The fraction of sp³-hybridized carbons (Fsp3) is 0.500. The molecule has 1 aromatic carbocycles. The average Bonchev–Trinajstić information content (AvgIpc) is 3.40. The fourth-order valence-electron chi connectivity index (χ4n) is 4.70. The average molecular weight is 524 g/mol. The van der Waals surface area contributed by atoms with Crippen LogP contribution in [0.15, 0.2) is 47.5 Å². The molecule has 30 heavy (non-hydrogen) atoms. The number of hydrogen-bond donors (Lipinski definition) is 2. The van der Waals surface area contributed by atoms with Crippen molar-refractivity contribution >= 4 is 41.8 Å². The number of allylic oxidation sites excluding steroid dienone is 2. The van der Waals surface area contributed by atoms with Crippen molar-refractivity contribution in [2.45, 2.75) is 19.4 Å². The number of guanidine groups is 1. The third kappa shape index (κ3) is 4.48. The van der Waals surface area contributed by atoms with E-state index < -0.39 is 0 Å². The number of carbonyl (C=O) groups excluding carboxylic acids is 2. The molecule has 0 spiro atoms. The number of rotatable bonds is 7. The molecule has 5 atom stereocenters. The summed E-state index contributed by atoms with van der Waals surface area (Å²) in [6, 6.07) is 9.67. The van der Waals surface area contributed by atoms with Gasteiger partial charge in [0.15, 0.2) is 5.96 Å². The highest BCUT2D eigenvalue weighted by molar-refractivity contribution is 14.0. The number of imide groups is 1. The zero-order valence-corrected chi connectivity index (χ0v) is 19.6. The van der Waals surface area contributed by atoms with E-state index in [1.54, 1.807) is 7.05 Å². The predicted molar refractivity (Wildman–Crippen MR) is 126 cm³/mol. The molecule has 1 aliphatic heterocycles. The normalized spacial score (nSPS) is 27.7. The summed E-state index contributed by atoms with van der Waals surface area (Å²) in [4.78, 5) is 31.0. The summed E-state index contributed by atoms with van der Waals surface area (Å²) in [6.07, 6.45) is 5.14. The van der Waals surface area contributed by atoms with Crippen molar-refractivity contribution in [2.75, 3.05) is 26.7 Å². The topological polar surface area (TPSA) is 83.0 Å². The summed E-state index contributed by atoms with van der Waals surface area (Å²) in [6.45, 7) is 3.39. The molecule has 2 fully saturated rings. The number of ether oxygens (including phenoxy) is 1. The molecule has 162 valence electrons. The highest BCUT2D eigenvalue weighted by Crippen LogP contribution is 2.52. The van der Waals surface area contributed by atoms with Crippen LogP contribution in [0.5, 0.6) is 5.75 Å². The largest absolute Gasteiger partial charge is 0.489 e. The van der Waals surface area contributed by atoms with Crippen molar-refractivity contribution in [1.29, 1.82) is 0 Å². The Hall–Kier alpha value is -2.10. The zero-order valence-electron chi connectivity index (χ0n) is 17.3. The van der Waals surface area contributed by atoms with E-state index in [4.69, 9.17) is 4.74 Å². The molecule has 0 radical (unpaired) electrons. The summed E-state index contributed by atoms with van der Waals surface area (Å²) in [5.74, 6) is 1.66. The number of halogens is 1. The number of likely N-dealkylation sites (tertiary alicyclic amines) is 1. The van der Waals surface area contributed by atoms with Crippen LogP contribution >= 0.6 is 24.0 Å². The summed E-state index contributed by atoms with van der Waals surface area (Å²) in [7, 11) is 1.69. The Labute approximate surface area is 194 Å². The van der Waals surface area contributed by atoms with E-state index in [9.17, 15) is 9.59 Å². The Morgan fingerprint density at radius 1 is 1.13 bits per heavy atom. The number of carbonyl (C=O) groups is 2. The third-order valence-corrected chi connectivity index (χ3v) is 6.05. The quantitative estimate of drug-likeness (QED) is 0.188. The predicted octanol–water partition coefficient (Wildman–Crippen LogP) is 2.04. The molecule has 1 saturated heterocycles. The first-order valence-electron chi connectivity index (χ1n) is 10.3. The lowest BCUT2D eigenvalue weighted by molar-refractivity contribution is -0.140. The zero-order chi connectivity index (χ0) is 20.4. The van der Waals surface area contributed by atoms with E-state index in [0.29, 0.717) is 25.6 Å². The van der Waals surface area contributed by atoms with Gasteiger partial charge in [-0.05, 0) is 37.3 Å². The van der Waals surface area contributed by atoms with Gasteiger partial charge in [-0.15, -0.1) is 24.0 Å². The van der Waals surface area contributed by atoms with Gasteiger partial charge >= 0.3 is 0 Å². The minimum atomic E-state index is -0.133. The first kappa shape index (κ1) is 22.6. The molecule has 0 aromatic heterocycles. The van der Waals surface area contributed by atoms with Crippen molar-refractivity contribution in [3.63, 3.8) is 0 Å². The van der Waals surface area contributed by atoms with Gasteiger partial charge in [0.25, 0.3) is 0 Å². The number of para-hydroxylation sites is 1. The van der Waals surface area contributed by atoms with E-state index in [1.807, 2.05) is 37.3 Å². The van der Waals surface area contributed by atoms with Gasteiger partial charge in [-0.3, -0.25) is 19.5 Å². The van der Waals surface area contributed by atoms with Crippen LogP contribution in [0.25, 0.3) is 0 Å². The maximum atomic E-state index is 12.7. The highest BCUT2D eigenvalue weighted by Gasteiger charge is 2.58. The van der Waals surface area contributed by atoms with Gasteiger partial charge in [-0.25, -0.2) is 0 Å². The third-order valence-electron chi connectivity index (χ3n) is 6.05. The van der Waals surface area contributed by atoms with Gasteiger partial charge in [0.05, 0.1) is 18.4 Å². The van der Waals surface area contributed by atoms with Crippen molar-refractivity contribution < 1.29 is 14.3 Å². The second-order valence-corrected chi connectivity index (χ2v) is 7.95. The number of fused-ring (bicyclic) bond motifs is 5. The van der Waals surface area contributed by atoms with E-state index in [-0.39, 0.29) is 65.6 Å². The molecular formula is C22H29IN4O3. The highest BCUT2D eigenvalue weighted by atomic mass is 127. The van der Waals surface area contributed by atoms with Gasteiger partial charge < -0.3 is 15.4 Å². The number of amides is 2. The van der Waals surface area contributed by atoms with Crippen LogP contribution in [0.3, 0.4) is 0 Å². The number of nitrogens with zero attached hydrogens (tertiary/aromatic N) is 2. The van der Waals surface area contributed by atoms with Crippen molar-refractivity contribution in [3.05, 3.63) is 42.5 Å². The monoisotopic (exact) mass is 524 g/mol. The van der Waals surface area contributed by atoms with Crippen molar-refractivity contribution in [1.82, 2.24) is 15.5 Å². The van der Waals surface area contributed by atoms with Crippen molar-refractivity contribution in [3.8, 4) is 5.75 Å². The maximum Gasteiger partial charge on any atom is 0.233 e. The molecule has 5 unspecified atom stereocenters. The lowest BCUT2D eigenvalue weighted by Gasteiger charge is -2.20. The second-order valence-electron chi connectivity index (χ2n) is 7.95. The van der Waals surface area contributed by atoms with Gasteiger partial charge in [0.1, 0.15) is 11.9 Å². The molecule has 2 N–H and O–H groups in total. The first-order chi connectivity index (χ1) is 14.1. The summed E-state index contributed by atoms with van der Waals surface area (Å²) >= 11 is 0. The first-order valence-corrected chi connectivity index (χ1v) is 10.3. The lowest BCUT2D eigenvalue weighted by Crippen LogP contribution is -2.45. The lowest BCUT2D eigenvalue weighted by atomic mass is 9.85. The number of hydrogen-bond acceptors (Lipinski definition) is 4. The van der Waals surface area contributed by atoms with Crippen molar-refractivity contribution in [2.24, 2.45) is 28.7 Å². The molecule has 2 amide bonds. The molecule has 1 aromatic rings. The van der Waals surface area contributed by atoms with E-state index in [0.717, 1.165) is 12.2 Å². The van der Waals surface area contributed by atoms with Crippen LogP contribution in [-0.4, -0.2) is 55.5 Å². The number of benzene rings is 1. The van der Waals surface area contributed by atoms with Crippen LogP contribution in [-0.2, 0) is 9.59 Å². The van der Waals surface area contributed by atoms with Crippen LogP contribution in [0.4, 0.5) is 0 Å². The molecule has 3 aliphatic rings. The van der Waals surface area contributed by atoms with Gasteiger partial charge in [0.2, 0.25) is 11.8 Å². The molecule has 7 nitrogen and oxygen atoms in total. The van der Waals surface area contributed by atoms with Crippen LogP contribution in [0, 0.1) is 23.7 Å². The summed E-state index contributed by atoms with van der Waals surface area (Å²) < 4.78 is 5.84. The standard InChI is InChI=1S/C22H28N4O3.HI/c1-14(29-17-6-4-3-5-7-17)13-25-22(23-2)24-10-11-26-20(27)18-15-8-9-16(12-15)19(18)21(26)28;/h3-9,14-16,18-19H,10-13H2,1-2H3,(H2,23,24,25);1H. The molecule has 2 aliphatic carbocycles. The van der Waals surface area contributed by atoms with Gasteiger partial charge in [0, 0.05) is 20.1 Å². The Balaban J connectivity index is 0.00000256. The van der Waals surface area contributed by atoms with Crippen LogP contribution in [0.2, 0.25) is 0 Å². The molecule has 8 heteroatoms. The Morgan fingerprint density at radius 3 is 2.37 bits per heavy atom. The minimum absolute atomic E-state index is 0. The molecular weight excluding hydrogens is 495 g/mol. The minimum Gasteiger partial charge on any atom is -0.489 e. The molecule has 1 saturated carbocycles. The molecule has 2 bridgehead atoms. The fourth-order valence-corrected chi connectivity index (χ4v) is 4.70. The van der Waals surface area contributed by atoms with E-state index in [2.05, 4.69) is 27.8 Å². The Kier molecular flexibility index (Phi) is 7.38. The Bertz CT molecular complexity index is 799. The summed E-state index contributed by atoms with van der Waals surface area (Å²) in [5, 5.41) is 6.40. The Morgan fingerprint density at radius 2 is 1.77 bits per heavy atom. The smallest absolute Gasteiger partial charge is 0.233 e. The van der Waals surface area contributed by atoms with Gasteiger partial charge in [-0.2, -0.15) is 0 Å². The number of nitrogens with one attached hydrogen (secondary N) is 2. The molecule has 4 rings (SSSR count). The number of aliphatic imine (C=N–C) groups is 1. The van der Waals surface area contributed by atoms with Crippen LogP contribution < -0.4 is 15.4 Å². The van der Waals surface area contributed by atoms with Crippen LogP contribution in [0.1, 0.15) is 13.3 Å². The van der Waals surface area contributed by atoms with E-state index in [1.165, 1.54) is 4.90 Å². The maximum absolute atomic E-state index is 12.7. The van der Waals surface area contributed by atoms with E-state index >= 15 is 0 Å². The SMILES string of the molecule is CN=C(NCCN1C(=O)C2C3C=CC(C3)C2C1=O)NCC(C)Oc1ccccc1.I. The second kappa shape index (κ2) is 9.80. The van der Waals surface area contributed by atoms with Gasteiger partial charge in [-0.1, -0.05) is 30.4 Å². The molecule has 1 heterocycles. The summed E-state index contributed by atoms with van der Waals surface area (Å²) in [5.41, 5.74) is 0.